The van der Waals surface area contributed by atoms with E-state index in [1.165, 1.54) is 12.7 Å². The molecule has 3 fully saturated rings. The number of carbonyl (C=O) groups is 2. The van der Waals surface area contributed by atoms with Gasteiger partial charge in [-0.3, -0.25) is 0 Å². The molecule has 2 aliphatic heterocycles. The SMILES string of the molecule is COC(=O)[C@@H](CCCCN)NC(=O)OC1CC[C@]2(CO2)C(C2(C)O[C@@H]2CC=C(C)C)C1OC. The number of amides is 1. The van der Waals surface area contributed by atoms with Crippen molar-refractivity contribution in [3.05, 3.63) is 11.6 Å². The number of ether oxygens (including phenoxy) is 5. The first-order valence-corrected chi connectivity index (χ1v) is 11.9. The van der Waals surface area contributed by atoms with Gasteiger partial charge in [-0.2, -0.15) is 0 Å². The average molecular weight is 469 g/mol. The van der Waals surface area contributed by atoms with Crippen LogP contribution in [0.4, 0.5) is 4.79 Å². The molecule has 0 radical (unpaired) electrons. The van der Waals surface area contributed by atoms with Crippen molar-refractivity contribution in [1.29, 1.82) is 0 Å². The number of rotatable bonds is 11. The number of nitrogens with two attached hydrogens (primary N) is 1. The zero-order chi connectivity index (χ0) is 24.2. The van der Waals surface area contributed by atoms with Gasteiger partial charge in [-0.15, -0.1) is 0 Å². The average Bonchev–Trinajstić information content (AvgIpc) is 3.69. The van der Waals surface area contributed by atoms with Gasteiger partial charge < -0.3 is 34.7 Å². The van der Waals surface area contributed by atoms with Crippen LogP contribution in [0.5, 0.6) is 0 Å². The smallest absolute Gasteiger partial charge is 0.408 e. The van der Waals surface area contributed by atoms with Crippen LogP contribution in [-0.2, 0) is 28.5 Å². The number of carbonyl (C=O) groups excluding carboxylic acids is 2. The predicted octanol–water partition coefficient (Wildman–Crippen LogP) is 2.46. The molecule has 1 spiro atoms. The zero-order valence-corrected chi connectivity index (χ0v) is 20.6. The molecule has 7 atom stereocenters. The number of nitrogens with one attached hydrogen (secondary N) is 1. The molecule has 4 unspecified atom stereocenters. The molecule has 0 aromatic carbocycles. The van der Waals surface area contributed by atoms with Crippen LogP contribution < -0.4 is 11.1 Å². The van der Waals surface area contributed by atoms with Crippen molar-refractivity contribution in [1.82, 2.24) is 5.32 Å². The lowest BCUT2D eigenvalue weighted by Gasteiger charge is -2.42. The fourth-order valence-corrected chi connectivity index (χ4v) is 5.27. The van der Waals surface area contributed by atoms with E-state index in [1.807, 2.05) is 0 Å². The summed E-state index contributed by atoms with van der Waals surface area (Å²) in [6, 6.07) is -0.773. The number of esters is 1. The molecule has 3 rings (SSSR count). The molecule has 3 aliphatic rings. The molecule has 3 N–H and O–H groups in total. The predicted molar refractivity (Wildman–Crippen MR) is 122 cm³/mol. The molecular weight excluding hydrogens is 428 g/mol. The topological polar surface area (TPSA) is 125 Å². The van der Waals surface area contributed by atoms with E-state index < -0.39 is 29.8 Å². The summed E-state index contributed by atoms with van der Waals surface area (Å²) < 4.78 is 28.7. The lowest BCUT2D eigenvalue weighted by atomic mass is 9.68. The van der Waals surface area contributed by atoms with Crippen molar-refractivity contribution in [2.75, 3.05) is 27.4 Å². The molecule has 33 heavy (non-hydrogen) atoms. The van der Waals surface area contributed by atoms with Crippen LogP contribution in [0.25, 0.3) is 0 Å². The van der Waals surface area contributed by atoms with E-state index in [9.17, 15) is 9.59 Å². The van der Waals surface area contributed by atoms with Gasteiger partial charge in [-0.05, 0) is 65.8 Å². The van der Waals surface area contributed by atoms with Gasteiger partial charge in [0.25, 0.3) is 0 Å². The van der Waals surface area contributed by atoms with Crippen LogP contribution >= 0.6 is 0 Å². The molecule has 9 heteroatoms. The first-order chi connectivity index (χ1) is 15.7. The lowest BCUT2D eigenvalue weighted by Crippen LogP contribution is -2.56. The fourth-order valence-electron chi connectivity index (χ4n) is 5.27. The van der Waals surface area contributed by atoms with Gasteiger partial charge in [0.15, 0.2) is 0 Å². The Labute approximate surface area is 196 Å². The number of epoxide rings is 2. The Morgan fingerprint density at radius 1 is 1.27 bits per heavy atom. The van der Waals surface area contributed by atoms with Gasteiger partial charge in [0.2, 0.25) is 0 Å². The number of hydrogen-bond acceptors (Lipinski definition) is 8. The van der Waals surface area contributed by atoms with E-state index in [0.29, 0.717) is 32.4 Å². The summed E-state index contributed by atoms with van der Waals surface area (Å²) in [6.45, 7) is 7.43. The Morgan fingerprint density at radius 3 is 2.58 bits per heavy atom. The minimum atomic E-state index is -0.773. The minimum Gasteiger partial charge on any atom is -0.467 e. The van der Waals surface area contributed by atoms with Crippen LogP contribution in [0.1, 0.15) is 59.3 Å². The quantitative estimate of drug-likeness (QED) is 0.205. The number of methoxy groups -OCH3 is 2. The Balaban J connectivity index is 1.66. The van der Waals surface area contributed by atoms with Crippen LogP contribution in [-0.4, -0.2) is 75.0 Å². The highest BCUT2D eigenvalue weighted by Gasteiger charge is 2.72. The van der Waals surface area contributed by atoms with Crippen LogP contribution in [0.15, 0.2) is 11.6 Å². The van der Waals surface area contributed by atoms with Crippen molar-refractivity contribution >= 4 is 12.1 Å². The summed E-state index contributed by atoms with van der Waals surface area (Å²) in [5, 5.41) is 2.66. The maximum Gasteiger partial charge on any atom is 0.408 e. The summed E-state index contributed by atoms with van der Waals surface area (Å²) in [6.07, 6.45) is 4.87. The first kappa shape index (κ1) is 25.9. The summed E-state index contributed by atoms with van der Waals surface area (Å²) in [7, 11) is 2.93. The molecule has 0 aromatic rings. The molecule has 2 heterocycles. The normalized spacial score (nSPS) is 35.5. The molecule has 1 aliphatic carbocycles. The van der Waals surface area contributed by atoms with E-state index in [4.69, 9.17) is 29.4 Å². The third-order valence-electron chi connectivity index (χ3n) is 7.22. The van der Waals surface area contributed by atoms with Crippen molar-refractivity contribution in [2.24, 2.45) is 11.7 Å². The Morgan fingerprint density at radius 2 is 2.00 bits per heavy atom. The van der Waals surface area contributed by atoms with Gasteiger partial charge in [0.1, 0.15) is 29.5 Å². The molecule has 2 saturated heterocycles. The van der Waals surface area contributed by atoms with Gasteiger partial charge in [-0.1, -0.05) is 11.6 Å². The number of allylic oxidation sites excluding steroid dienone is 1. The Bertz CT molecular complexity index is 734. The second-order valence-corrected chi connectivity index (χ2v) is 9.83. The molecule has 1 amide bonds. The highest BCUT2D eigenvalue weighted by molar-refractivity contribution is 5.81. The largest absolute Gasteiger partial charge is 0.467 e. The van der Waals surface area contributed by atoms with Crippen molar-refractivity contribution < 1.29 is 33.3 Å². The Hall–Kier alpha value is -1.68. The third kappa shape index (κ3) is 5.88. The maximum absolute atomic E-state index is 12.7. The van der Waals surface area contributed by atoms with Gasteiger partial charge in [-0.25, -0.2) is 9.59 Å². The lowest BCUT2D eigenvalue weighted by molar-refractivity contribution is -0.143. The third-order valence-corrected chi connectivity index (χ3v) is 7.22. The maximum atomic E-state index is 12.7. The molecule has 1 saturated carbocycles. The summed E-state index contributed by atoms with van der Waals surface area (Å²) in [4.78, 5) is 24.8. The standard InChI is InChI=1S/C24H40N2O7/c1-15(2)9-10-18-23(3,33-18)20-19(29-4)17(11-12-24(20)14-31-24)32-22(28)26-16(21(27)30-5)8-6-7-13-25/h9,16-20H,6-8,10-14,25H2,1-5H3,(H,26,28)/t16-,17?,18-,19?,20?,23?,24+/m1/s1. The van der Waals surface area contributed by atoms with Crippen molar-refractivity contribution in [3.8, 4) is 0 Å². The monoisotopic (exact) mass is 468 g/mol. The van der Waals surface area contributed by atoms with Gasteiger partial charge in [0, 0.05) is 7.11 Å². The van der Waals surface area contributed by atoms with Crippen molar-refractivity contribution in [2.45, 2.75) is 94.9 Å². The highest BCUT2D eigenvalue weighted by Crippen LogP contribution is 2.59. The second-order valence-electron chi connectivity index (χ2n) is 9.83. The minimum absolute atomic E-state index is 0.0573. The molecule has 0 bridgehead atoms. The number of alkyl carbamates (subject to hydrolysis) is 1. The number of unbranched alkanes of at least 4 members (excludes halogenated alkanes) is 1. The first-order valence-electron chi connectivity index (χ1n) is 11.9. The summed E-state index contributed by atoms with van der Waals surface area (Å²) in [5.74, 6) is -0.557. The molecule has 0 aromatic heterocycles. The zero-order valence-electron chi connectivity index (χ0n) is 20.6. The van der Waals surface area contributed by atoms with E-state index in [0.717, 1.165) is 19.3 Å². The summed E-state index contributed by atoms with van der Waals surface area (Å²) in [5.41, 5.74) is 6.09. The fraction of sp³-hybridized carbons (Fsp3) is 0.833. The second kappa shape index (κ2) is 10.7. The summed E-state index contributed by atoms with van der Waals surface area (Å²) >= 11 is 0. The molecule has 9 nitrogen and oxygen atoms in total. The highest BCUT2D eigenvalue weighted by atomic mass is 16.6. The van der Waals surface area contributed by atoms with Crippen LogP contribution in [0, 0.1) is 5.92 Å². The van der Waals surface area contributed by atoms with Crippen molar-refractivity contribution in [3.63, 3.8) is 0 Å². The number of hydrogen-bond donors (Lipinski definition) is 2. The molecule has 188 valence electrons. The molecular formula is C24H40N2O7. The Kier molecular flexibility index (Phi) is 8.42. The van der Waals surface area contributed by atoms with E-state index >= 15 is 0 Å². The van der Waals surface area contributed by atoms with Crippen LogP contribution in [0.3, 0.4) is 0 Å². The van der Waals surface area contributed by atoms with Crippen LogP contribution in [0.2, 0.25) is 0 Å². The van der Waals surface area contributed by atoms with E-state index in [2.05, 4.69) is 32.2 Å². The van der Waals surface area contributed by atoms with Gasteiger partial charge >= 0.3 is 12.1 Å². The van der Waals surface area contributed by atoms with E-state index in [-0.39, 0.29) is 23.7 Å². The van der Waals surface area contributed by atoms with Gasteiger partial charge in [0.05, 0.1) is 25.7 Å². The van der Waals surface area contributed by atoms with E-state index in [1.54, 1.807) is 7.11 Å².